The number of ether oxygens (including phenoxy) is 1. The first-order valence-electron chi connectivity index (χ1n) is 8.74. The molecule has 2 aromatic rings. The molecule has 1 aliphatic carbocycles. The van der Waals surface area contributed by atoms with Gasteiger partial charge in [-0.1, -0.05) is 19.3 Å². The number of hydrogen-bond acceptors (Lipinski definition) is 6. The van der Waals surface area contributed by atoms with E-state index in [4.69, 9.17) is 10.5 Å². The summed E-state index contributed by atoms with van der Waals surface area (Å²) in [6.45, 7) is -0.0979. The Morgan fingerprint density at radius 3 is 2.75 bits per heavy atom. The number of aliphatic hydroxyl groups excluding tert-OH is 2. The molecule has 0 bridgehead atoms. The Balaban J connectivity index is 1.80. The highest BCUT2D eigenvalue weighted by molar-refractivity contribution is 5.90. The third-order valence-corrected chi connectivity index (χ3v) is 5.36. The quantitative estimate of drug-likeness (QED) is 0.790. The van der Waals surface area contributed by atoms with Crippen molar-refractivity contribution in [2.24, 2.45) is 0 Å². The first kappa shape index (κ1) is 15.8. The van der Waals surface area contributed by atoms with Gasteiger partial charge in [-0.2, -0.15) is 0 Å². The Labute approximate surface area is 140 Å². The van der Waals surface area contributed by atoms with Crippen LogP contribution in [0.15, 0.2) is 12.5 Å². The lowest BCUT2D eigenvalue weighted by Crippen LogP contribution is -2.19. The van der Waals surface area contributed by atoms with Gasteiger partial charge in [0.05, 0.1) is 18.1 Å². The number of nitrogens with zero attached hydrogens (tertiary/aromatic N) is 3. The fourth-order valence-electron chi connectivity index (χ4n) is 4.15. The van der Waals surface area contributed by atoms with Crippen molar-refractivity contribution >= 4 is 16.9 Å². The van der Waals surface area contributed by atoms with Crippen LogP contribution in [0.25, 0.3) is 11.0 Å². The zero-order valence-corrected chi connectivity index (χ0v) is 13.6. The predicted molar refractivity (Wildman–Crippen MR) is 89.4 cm³/mol. The molecular formula is C17H24N4O3. The lowest BCUT2D eigenvalue weighted by molar-refractivity contribution is -0.0484. The molecule has 2 fully saturated rings. The summed E-state index contributed by atoms with van der Waals surface area (Å²) < 4.78 is 7.69. The van der Waals surface area contributed by atoms with E-state index in [2.05, 4.69) is 9.97 Å². The maximum Gasteiger partial charge on any atom is 0.161 e. The molecule has 3 atom stereocenters. The molecule has 1 saturated heterocycles. The van der Waals surface area contributed by atoms with E-state index < -0.39 is 12.3 Å². The van der Waals surface area contributed by atoms with E-state index in [0.29, 0.717) is 23.8 Å². The lowest BCUT2D eigenvalue weighted by atomic mass is 9.84. The van der Waals surface area contributed by atoms with E-state index in [0.717, 1.165) is 23.8 Å². The molecule has 24 heavy (non-hydrogen) atoms. The summed E-state index contributed by atoms with van der Waals surface area (Å²) in [6.07, 6.45) is 8.33. The normalized spacial score (nSPS) is 28.7. The molecular weight excluding hydrogens is 308 g/mol. The van der Waals surface area contributed by atoms with Crippen LogP contribution >= 0.6 is 0 Å². The number of nitrogen functional groups attached to an aromatic ring is 1. The van der Waals surface area contributed by atoms with Crippen LogP contribution in [-0.2, 0) is 4.74 Å². The summed E-state index contributed by atoms with van der Waals surface area (Å²) in [5, 5.41) is 20.6. The molecule has 1 unspecified atom stereocenters. The van der Waals surface area contributed by atoms with Gasteiger partial charge in [0.1, 0.15) is 23.9 Å². The number of aromatic nitrogens is 3. The van der Waals surface area contributed by atoms with Crippen molar-refractivity contribution in [3.05, 3.63) is 18.1 Å². The fourth-order valence-corrected chi connectivity index (χ4v) is 4.15. The first-order valence-corrected chi connectivity index (χ1v) is 8.74. The summed E-state index contributed by atoms with van der Waals surface area (Å²) in [6, 6.07) is 0. The van der Waals surface area contributed by atoms with E-state index >= 15 is 0 Å². The second-order valence-electron chi connectivity index (χ2n) is 6.92. The summed E-state index contributed by atoms with van der Waals surface area (Å²) in [7, 11) is 0. The third-order valence-electron chi connectivity index (χ3n) is 5.36. The molecule has 0 aromatic carbocycles. The number of rotatable bonds is 3. The second kappa shape index (κ2) is 6.31. The monoisotopic (exact) mass is 332 g/mol. The summed E-state index contributed by atoms with van der Waals surface area (Å²) in [4.78, 5) is 8.57. The molecule has 3 heterocycles. The molecule has 7 nitrogen and oxygen atoms in total. The van der Waals surface area contributed by atoms with Crippen molar-refractivity contribution in [3.63, 3.8) is 0 Å². The van der Waals surface area contributed by atoms with Gasteiger partial charge in [-0.3, -0.25) is 0 Å². The lowest BCUT2D eigenvalue weighted by Gasteiger charge is -2.21. The average molecular weight is 332 g/mol. The minimum absolute atomic E-state index is 0.0979. The molecule has 7 heteroatoms. The van der Waals surface area contributed by atoms with Crippen LogP contribution in [0.2, 0.25) is 0 Å². The number of anilines is 1. The Kier molecular flexibility index (Phi) is 4.15. The van der Waals surface area contributed by atoms with Gasteiger partial charge in [0, 0.05) is 12.6 Å². The van der Waals surface area contributed by atoms with E-state index in [1.165, 1.54) is 25.6 Å². The van der Waals surface area contributed by atoms with Crippen molar-refractivity contribution < 1.29 is 14.9 Å². The van der Waals surface area contributed by atoms with Crippen LogP contribution < -0.4 is 5.73 Å². The fraction of sp³-hybridized carbons (Fsp3) is 0.647. The minimum atomic E-state index is -0.673. The van der Waals surface area contributed by atoms with Crippen LogP contribution in [0.4, 0.5) is 5.82 Å². The molecule has 2 aromatic heterocycles. The molecule has 130 valence electrons. The van der Waals surface area contributed by atoms with Gasteiger partial charge in [-0.15, -0.1) is 0 Å². The van der Waals surface area contributed by atoms with Gasteiger partial charge < -0.3 is 25.3 Å². The van der Waals surface area contributed by atoms with Crippen LogP contribution in [0, 0.1) is 0 Å². The molecule has 1 saturated carbocycles. The number of fused-ring (bicyclic) bond motifs is 1. The van der Waals surface area contributed by atoms with Crippen LogP contribution in [0.1, 0.15) is 56.2 Å². The zero-order valence-electron chi connectivity index (χ0n) is 13.6. The maximum absolute atomic E-state index is 10.4. The molecule has 4 N–H and O–H groups in total. The van der Waals surface area contributed by atoms with Crippen LogP contribution in [0.5, 0.6) is 0 Å². The van der Waals surface area contributed by atoms with Gasteiger partial charge in [-0.25, -0.2) is 9.97 Å². The molecule has 0 amide bonds. The highest BCUT2D eigenvalue weighted by Gasteiger charge is 2.36. The topological polar surface area (TPSA) is 106 Å². The van der Waals surface area contributed by atoms with E-state index in [-0.39, 0.29) is 12.7 Å². The van der Waals surface area contributed by atoms with Gasteiger partial charge >= 0.3 is 0 Å². The van der Waals surface area contributed by atoms with Crippen molar-refractivity contribution in [2.45, 2.75) is 62.9 Å². The van der Waals surface area contributed by atoms with Crippen molar-refractivity contribution in [3.8, 4) is 0 Å². The smallest absolute Gasteiger partial charge is 0.161 e. The summed E-state index contributed by atoms with van der Waals surface area (Å²) >= 11 is 0. The third kappa shape index (κ3) is 2.56. The molecule has 4 rings (SSSR count). The van der Waals surface area contributed by atoms with Crippen LogP contribution in [-0.4, -0.2) is 43.6 Å². The van der Waals surface area contributed by atoms with Gasteiger partial charge in [-0.05, 0) is 24.3 Å². The summed E-state index contributed by atoms with van der Waals surface area (Å²) in [5.74, 6) is 0.925. The minimum Gasteiger partial charge on any atom is -0.394 e. The highest BCUT2D eigenvalue weighted by Crippen LogP contribution is 2.41. The average Bonchev–Trinajstić information content (AvgIpc) is 3.17. The highest BCUT2D eigenvalue weighted by atomic mass is 16.5. The number of hydrogen-bond donors (Lipinski definition) is 3. The van der Waals surface area contributed by atoms with Crippen molar-refractivity contribution in [2.75, 3.05) is 12.3 Å². The molecule has 1 aliphatic heterocycles. The van der Waals surface area contributed by atoms with E-state index in [1.807, 2.05) is 10.8 Å². The number of nitrogens with two attached hydrogens (primary N) is 1. The Hall–Kier alpha value is -1.70. The first-order chi connectivity index (χ1) is 11.7. The maximum atomic E-state index is 10.4. The standard InChI is InChI=1S/C17H24N4O3/c18-15-14-12(10-4-2-1-3-5-10)7-21(16(14)20-9-19-15)17-13(23)6-11(8-22)24-17/h7,9-11,13,17,22-23H,1-6,8H2,(H2,18,19,20)/t11-,13+,17?/m0/s1. The van der Waals surface area contributed by atoms with E-state index in [1.54, 1.807) is 0 Å². The molecule has 0 radical (unpaired) electrons. The Bertz CT molecular complexity index is 726. The summed E-state index contributed by atoms with van der Waals surface area (Å²) in [5.41, 5.74) is 8.01. The SMILES string of the molecule is Nc1ncnc2c1c(C1CCCCC1)cn2C1O[C@H](CO)C[C@H]1O. The van der Waals surface area contributed by atoms with Crippen molar-refractivity contribution in [1.82, 2.24) is 14.5 Å². The second-order valence-corrected chi connectivity index (χ2v) is 6.92. The van der Waals surface area contributed by atoms with Crippen LogP contribution in [0.3, 0.4) is 0 Å². The van der Waals surface area contributed by atoms with Gasteiger partial charge in [0.25, 0.3) is 0 Å². The zero-order chi connectivity index (χ0) is 16.7. The molecule has 2 aliphatic rings. The van der Waals surface area contributed by atoms with E-state index in [9.17, 15) is 10.2 Å². The van der Waals surface area contributed by atoms with Gasteiger partial charge in [0.2, 0.25) is 0 Å². The molecule has 0 spiro atoms. The van der Waals surface area contributed by atoms with Crippen molar-refractivity contribution in [1.29, 1.82) is 0 Å². The van der Waals surface area contributed by atoms with Gasteiger partial charge in [0.15, 0.2) is 6.23 Å². The Morgan fingerprint density at radius 2 is 2.04 bits per heavy atom. The predicted octanol–water partition coefficient (Wildman–Crippen LogP) is 1.70. The number of aliphatic hydroxyl groups is 2. The Morgan fingerprint density at radius 1 is 1.25 bits per heavy atom. The largest absolute Gasteiger partial charge is 0.394 e.